The fourth-order valence-corrected chi connectivity index (χ4v) is 1.26. The number of nitrogens with zero attached hydrogens (tertiary/aromatic N) is 3. The van der Waals surface area contributed by atoms with Crippen LogP contribution in [0.15, 0.2) is 30.6 Å². The standard InChI is InChI=1S/C11H10N4O/c1-15-5-4-14-11(15)16-10-3-2-8(7-12)6-9(10)13/h2-6H,13H2,1H3. The van der Waals surface area contributed by atoms with E-state index in [1.165, 1.54) is 0 Å². The van der Waals surface area contributed by atoms with E-state index in [4.69, 9.17) is 15.7 Å². The van der Waals surface area contributed by atoms with Crippen LogP contribution >= 0.6 is 0 Å². The molecule has 5 nitrogen and oxygen atoms in total. The van der Waals surface area contributed by atoms with Crippen molar-refractivity contribution >= 4 is 5.69 Å². The predicted octanol–water partition coefficient (Wildman–Crippen LogP) is 1.67. The first-order valence-electron chi connectivity index (χ1n) is 4.65. The number of nitrogen functional groups attached to an aromatic ring is 1. The van der Waals surface area contributed by atoms with E-state index in [0.29, 0.717) is 23.0 Å². The maximum absolute atomic E-state index is 8.69. The second kappa shape index (κ2) is 3.95. The van der Waals surface area contributed by atoms with Gasteiger partial charge in [-0.3, -0.25) is 0 Å². The van der Waals surface area contributed by atoms with E-state index in [-0.39, 0.29) is 0 Å². The third-order valence-corrected chi connectivity index (χ3v) is 2.12. The van der Waals surface area contributed by atoms with Gasteiger partial charge in [0.25, 0.3) is 0 Å². The molecule has 0 saturated carbocycles. The summed E-state index contributed by atoms with van der Waals surface area (Å²) in [6, 6.07) is 7.33. The highest BCUT2D eigenvalue weighted by atomic mass is 16.5. The molecule has 2 aromatic rings. The molecule has 0 aliphatic heterocycles. The first-order chi connectivity index (χ1) is 7.70. The Bertz CT molecular complexity index is 553. The van der Waals surface area contributed by atoms with Crippen molar-refractivity contribution in [2.45, 2.75) is 0 Å². The molecule has 0 amide bonds. The lowest BCUT2D eigenvalue weighted by Gasteiger charge is -2.07. The van der Waals surface area contributed by atoms with Gasteiger partial charge in [0.1, 0.15) is 0 Å². The zero-order valence-corrected chi connectivity index (χ0v) is 8.71. The van der Waals surface area contributed by atoms with Crippen LogP contribution in [-0.2, 0) is 7.05 Å². The Balaban J connectivity index is 2.30. The van der Waals surface area contributed by atoms with Crippen LogP contribution in [0, 0.1) is 11.3 Å². The molecule has 1 aromatic carbocycles. The molecule has 0 aliphatic carbocycles. The molecule has 1 aromatic heterocycles. The molecule has 2 N–H and O–H groups in total. The van der Waals surface area contributed by atoms with Crippen LogP contribution in [0.2, 0.25) is 0 Å². The van der Waals surface area contributed by atoms with Crippen LogP contribution in [0.4, 0.5) is 5.69 Å². The lowest BCUT2D eigenvalue weighted by Crippen LogP contribution is -1.97. The van der Waals surface area contributed by atoms with Crippen molar-refractivity contribution in [1.29, 1.82) is 5.26 Å². The first kappa shape index (κ1) is 10.1. The smallest absolute Gasteiger partial charge is 0.301 e. The summed E-state index contributed by atoms with van der Waals surface area (Å²) in [5, 5.41) is 8.69. The minimum absolute atomic E-state index is 0.419. The Morgan fingerprint density at radius 2 is 2.31 bits per heavy atom. The van der Waals surface area contributed by atoms with Crippen molar-refractivity contribution in [3.05, 3.63) is 36.2 Å². The van der Waals surface area contributed by atoms with Gasteiger partial charge >= 0.3 is 6.01 Å². The maximum Gasteiger partial charge on any atom is 0.301 e. The van der Waals surface area contributed by atoms with Gasteiger partial charge in [0.05, 0.1) is 17.3 Å². The number of benzene rings is 1. The molecule has 2 rings (SSSR count). The Kier molecular flexibility index (Phi) is 2.48. The molecular weight excluding hydrogens is 204 g/mol. The summed E-state index contributed by atoms with van der Waals surface area (Å²) in [5.41, 5.74) is 6.67. The van der Waals surface area contributed by atoms with E-state index in [9.17, 15) is 0 Å². The zero-order valence-electron chi connectivity index (χ0n) is 8.71. The second-order valence-electron chi connectivity index (χ2n) is 3.29. The highest BCUT2D eigenvalue weighted by Gasteiger charge is 2.06. The minimum Gasteiger partial charge on any atom is -0.423 e. The number of rotatable bonds is 2. The van der Waals surface area contributed by atoms with Crippen molar-refractivity contribution in [2.24, 2.45) is 7.05 Å². The van der Waals surface area contributed by atoms with Gasteiger partial charge in [-0.05, 0) is 18.2 Å². The van der Waals surface area contributed by atoms with Crippen molar-refractivity contribution in [3.63, 3.8) is 0 Å². The van der Waals surface area contributed by atoms with Gasteiger partial charge in [0, 0.05) is 19.4 Å². The van der Waals surface area contributed by atoms with Crippen LogP contribution in [0.1, 0.15) is 5.56 Å². The maximum atomic E-state index is 8.69. The van der Waals surface area contributed by atoms with Gasteiger partial charge in [0.2, 0.25) is 0 Å². The highest BCUT2D eigenvalue weighted by Crippen LogP contribution is 2.26. The summed E-state index contributed by atoms with van der Waals surface area (Å²) in [7, 11) is 1.82. The van der Waals surface area contributed by atoms with E-state index in [2.05, 4.69) is 4.98 Å². The van der Waals surface area contributed by atoms with Gasteiger partial charge in [-0.25, -0.2) is 4.98 Å². The summed E-state index contributed by atoms with van der Waals surface area (Å²) in [4.78, 5) is 4.01. The van der Waals surface area contributed by atoms with E-state index in [1.807, 2.05) is 13.1 Å². The summed E-state index contributed by atoms with van der Waals surface area (Å²) >= 11 is 0. The van der Waals surface area contributed by atoms with E-state index < -0.39 is 0 Å². The molecule has 1 heterocycles. The van der Waals surface area contributed by atoms with Crippen LogP contribution in [0.25, 0.3) is 0 Å². The zero-order chi connectivity index (χ0) is 11.5. The van der Waals surface area contributed by atoms with Gasteiger partial charge in [0.15, 0.2) is 5.75 Å². The summed E-state index contributed by atoms with van der Waals surface area (Å²) in [5.74, 6) is 0.494. The first-order valence-corrected chi connectivity index (χ1v) is 4.65. The number of nitrogens with two attached hydrogens (primary N) is 1. The van der Waals surface area contributed by atoms with Crippen molar-refractivity contribution in [3.8, 4) is 17.8 Å². The lowest BCUT2D eigenvalue weighted by molar-refractivity contribution is 0.427. The number of hydrogen-bond donors (Lipinski definition) is 1. The van der Waals surface area contributed by atoms with Crippen LogP contribution in [0.5, 0.6) is 11.8 Å². The Labute approximate surface area is 92.7 Å². The number of ether oxygens (including phenoxy) is 1. The fraction of sp³-hybridized carbons (Fsp3) is 0.0909. The van der Waals surface area contributed by atoms with E-state index >= 15 is 0 Å². The third kappa shape index (κ3) is 1.81. The Morgan fingerprint density at radius 1 is 1.50 bits per heavy atom. The normalized spacial score (nSPS) is 9.75. The number of aryl methyl sites for hydroxylation is 1. The molecule has 0 bridgehead atoms. The Morgan fingerprint density at radius 3 is 2.88 bits per heavy atom. The molecule has 5 heteroatoms. The van der Waals surface area contributed by atoms with Crippen LogP contribution < -0.4 is 10.5 Å². The molecule has 0 unspecified atom stereocenters. The van der Waals surface area contributed by atoms with Crippen LogP contribution in [-0.4, -0.2) is 9.55 Å². The minimum atomic E-state index is 0.419. The molecule has 0 radical (unpaired) electrons. The molecule has 0 aliphatic rings. The number of imidazole rings is 1. The average Bonchev–Trinajstić information content (AvgIpc) is 2.67. The van der Waals surface area contributed by atoms with E-state index in [1.54, 1.807) is 35.2 Å². The third-order valence-electron chi connectivity index (χ3n) is 2.12. The second-order valence-corrected chi connectivity index (χ2v) is 3.29. The fourth-order valence-electron chi connectivity index (χ4n) is 1.26. The lowest BCUT2D eigenvalue weighted by atomic mass is 10.2. The quantitative estimate of drug-likeness (QED) is 0.771. The van der Waals surface area contributed by atoms with Gasteiger partial charge in [-0.2, -0.15) is 5.26 Å². The molecular formula is C11H10N4O. The number of hydrogen-bond acceptors (Lipinski definition) is 4. The van der Waals surface area contributed by atoms with E-state index in [0.717, 1.165) is 0 Å². The molecule has 0 atom stereocenters. The average molecular weight is 214 g/mol. The van der Waals surface area contributed by atoms with Gasteiger partial charge < -0.3 is 15.0 Å². The largest absolute Gasteiger partial charge is 0.423 e. The number of anilines is 1. The summed E-state index contributed by atoms with van der Waals surface area (Å²) in [6.45, 7) is 0. The van der Waals surface area contributed by atoms with Crippen molar-refractivity contribution in [1.82, 2.24) is 9.55 Å². The highest BCUT2D eigenvalue weighted by molar-refractivity contribution is 5.57. The Hall–Kier alpha value is -2.48. The van der Waals surface area contributed by atoms with Crippen molar-refractivity contribution < 1.29 is 4.74 Å². The summed E-state index contributed by atoms with van der Waals surface area (Å²) < 4.78 is 7.23. The molecule has 0 saturated heterocycles. The predicted molar refractivity (Wildman–Crippen MR) is 58.9 cm³/mol. The molecule has 0 fully saturated rings. The van der Waals surface area contributed by atoms with Gasteiger partial charge in [-0.1, -0.05) is 0 Å². The number of aromatic nitrogens is 2. The SMILES string of the molecule is Cn1ccnc1Oc1ccc(C#N)cc1N. The van der Waals surface area contributed by atoms with Crippen molar-refractivity contribution in [2.75, 3.05) is 5.73 Å². The van der Waals surface area contributed by atoms with Gasteiger partial charge in [-0.15, -0.1) is 0 Å². The topological polar surface area (TPSA) is 76.9 Å². The molecule has 80 valence electrons. The number of nitriles is 1. The van der Waals surface area contributed by atoms with Crippen LogP contribution in [0.3, 0.4) is 0 Å². The molecule has 0 spiro atoms. The monoisotopic (exact) mass is 214 g/mol. The summed E-state index contributed by atoms with van der Waals surface area (Å²) in [6.07, 6.45) is 3.41. The molecule has 16 heavy (non-hydrogen) atoms.